The zero-order chi connectivity index (χ0) is 12.8. The molecule has 0 saturated heterocycles. The van der Waals surface area contributed by atoms with Crippen molar-refractivity contribution in [2.45, 2.75) is 72.2 Å². The molecule has 94 valence electrons. The van der Waals surface area contributed by atoms with Gasteiger partial charge in [-0.2, -0.15) is 0 Å². The molecular formula is C14H28OSi. The van der Waals surface area contributed by atoms with E-state index in [9.17, 15) is 0 Å². The van der Waals surface area contributed by atoms with Gasteiger partial charge in [-0.3, -0.25) is 0 Å². The van der Waals surface area contributed by atoms with Crippen molar-refractivity contribution in [2.24, 2.45) is 5.92 Å². The fraction of sp³-hybridized carbons (Fsp3) is 0.857. The molecule has 2 heteroatoms. The van der Waals surface area contributed by atoms with Gasteiger partial charge in [-0.1, -0.05) is 40.5 Å². The molecule has 0 aromatic rings. The Morgan fingerprint density at radius 2 is 1.69 bits per heavy atom. The first-order valence-electron chi connectivity index (χ1n) is 6.45. The third kappa shape index (κ3) is 6.35. The van der Waals surface area contributed by atoms with E-state index in [-0.39, 0.29) is 6.10 Å². The van der Waals surface area contributed by atoms with Gasteiger partial charge in [0.15, 0.2) is 8.32 Å². The molecule has 16 heavy (non-hydrogen) atoms. The maximum atomic E-state index is 6.28. The highest BCUT2D eigenvalue weighted by atomic mass is 28.4. The van der Waals surface area contributed by atoms with Crippen molar-refractivity contribution in [1.29, 1.82) is 0 Å². The van der Waals surface area contributed by atoms with E-state index in [4.69, 9.17) is 4.43 Å². The smallest absolute Gasteiger partial charge is 0.190 e. The monoisotopic (exact) mass is 240 g/mol. The van der Waals surface area contributed by atoms with Gasteiger partial charge in [-0.25, -0.2) is 0 Å². The average Bonchev–Trinajstić information content (AvgIpc) is 2.12. The average molecular weight is 240 g/mol. The lowest BCUT2D eigenvalue weighted by Crippen LogP contribution is -2.38. The SMILES string of the molecule is CCC#CC(CC(C)C)O[Si](C)(C)C(C)C. The summed E-state index contributed by atoms with van der Waals surface area (Å²) in [5.74, 6) is 7.08. The minimum absolute atomic E-state index is 0.143. The molecule has 0 rings (SSSR count). The molecule has 1 atom stereocenters. The van der Waals surface area contributed by atoms with Gasteiger partial charge in [-0.05, 0) is 31.0 Å². The first-order valence-corrected chi connectivity index (χ1v) is 9.44. The van der Waals surface area contributed by atoms with Crippen LogP contribution in [0.5, 0.6) is 0 Å². The highest BCUT2D eigenvalue weighted by Gasteiger charge is 2.30. The molecule has 1 unspecified atom stereocenters. The van der Waals surface area contributed by atoms with E-state index in [1.807, 2.05) is 0 Å². The van der Waals surface area contributed by atoms with Crippen LogP contribution in [-0.4, -0.2) is 14.4 Å². The predicted octanol–water partition coefficient (Wildman–Crippen LogP) is 4.45. The summed E-state index contributed by atoms with van der Waals surface area (Å²) in [5, 5.41) is 0. The first-order chi connectivity index (χ1) is 7.29. The number of hydrogen-bond donors (Lipinski definition) is 0. The van der Waals surface area contributed by atoms with Crippen LogP contribution in [0.25, 0.3) is 0 Å². The highest BCUT2D eigenvalue weighted by molar-refractivity contribution is 6.72. The Morgan fingerprint density at radius 3 is 2.06 bits per heavy atom. The minimum atomic E-state index is -1.56. The van der Waals surface area contributed by atoms with Crippen LogP contribution < -0.4 is 0 Å². The Bertz CT molecular complexity index is 245. The lowest BCUT2D eigenvalue weighted by molar-refractivity contribution is 0.214. The molecule has 0 heterocycles. The van der Waals surface area contributed by atoms with E-state index < -0.39 is 8.32 Å². The van der Waals surface area contributed by atoms with Crippen LogP contribution in [-0.2, 0) is 4.43 Å². The summed E-state index contributed by atoms with van der Waals surface area (Å²) in [4.78, 5) is 0. The molecule has 0 saturated carbocycles. The zero-order valence-electron chi connectivity index (χ0n) is 12.1. The van der Waals surface area contributed by atoms with Crippen molar-refractivity contribution in [3.05, 3.63) is 0 Å². The van der Waals surface area contributed by atoms with Crippen molar-refractivity contribution in [1.82, 2.24) is 0 Å². The van der Waals surface area contributed by atoms with Crippen LogP contribution >= 0.6 is 0 Å². The van der Waals surface area contributed by atoms with Crippen molar-refractivity contribution in [3.8, 4) is 11.8 Å². The van der Waals surface area contributed by atoms with E-state index in [0.717, 1.165) is 12.8 Å². The van der Waals surface area contributed by atoms with Gasteiger partial charge >= 0.3 is 0 Å². The second kappa shape index (κ2) is 7.14. The van der Waals surface area contributed by atoms with Crippen LogP contribution in [0, 0.1) is 17.8 Å². The van der Waals surface area contributed by atoms with Gasteiger partial charge in [-0.15, -0.1) is 5.92 Å². The summed E-state index contributed by atoms with van der Waals surface area (Å²) < 4.78 is 6.28. The normalized spacial score (nSPS) is 13.8. The van der Waals surface area contributed by atoms with E-state index >= 15 is 0 Å². The topological polar surface area (TPSA) is 9.23 Å². The van der Waals surface area contributed by atoms with Crippen LogP contribution in [0.2, 0.25) is 18.6 Å². The fourth-order valence-electron chi connectivity index (χ4n) is 1.28. The van der Waals surface area contributed by atoms with Gasteiger partial charge in [0.1, 0.15) is 6.10 Å². The third-order valence-corrected chi connectivity index (χ3v) is 6.63. The number of rotatable bonds is 5. The summed E-state index contributed by atoms with van der Waals surface area (Å²) in [6.07, 6.45) is 2.11. The number of hydrogen-bond acceptors (Lipinski definition) is 1. The lowest BCUT2D eigenvalue weighted by atomic mass is 10.1. The summed E-state index contributed by atoms with van der Waals surface area (Å²) in [6.45, 7) is 15.6. The molecule has 0 aromatic carbocycles. The van der Waals surface area contributed by atoms with Gasteiger partial charge in [0.05, 0.1) is 0 Å². The van der Waals surface area contributed by atoms with Crippen LogP contribution in [0.3, 0.4) is 0 Å². The Labute approximate surface area is 103 Å². The Hall–Kier alpha value is -0.263. The summed E-state index contributed by atoms with van der Waals surface area (Å²) >= 11 is 0. The maximum absolute atomic E-state index is 6.28. The first kappa shape index (κ1) is 15.7. The molecule has 0 spiro atoms. The van der Waals surface area contributed by atoms with Crippen molar-refractivity contribution in [2.75, 3.05) is 0 Å². The largest absolute Gasteiger partial charge is 0.404 e. The van der Waals surface area contributed by atoms with E-state index in [2.05, 4.69) is 59.6 Å². The van der Waals surface area contributed by atoms with Crippen molar-refractivity contribution < 1.29 is 4.43 Å². The molecule has 0 amide bonds. The maximum Gasteiger partial charge on any atom is 0.190 e. The molecule has 0 aliphatic heterocycles. The third-order valence-electron chi connectivity index (χ3n) is 2.96. The fourth-order valence-corrected chi connectivity index (χ4v) is 2.44. The standard InChI is InChI=1S/C14H28OSi/c1-8-9-10-14(11-12(2)3)15-16(6,7)13(4)5/h12-14H,8,11H2,1-7H3. The molecule has 0 radical (unpaired) electrons. The quantitative estimate of drug-likeness (QED) is 0.510. The van der Waals surface area contributed by atoms with Crippen LogP contribution in [0.15, 0.2) is 0 Å². The second-order valence-corrected chi connectivity index (χ2v) is 10.3. The molecule has 0 fully saturated rings. The van der Waals surface area contributed by atoms with Crippen molar-refractivity contribution >= 4 is 8.32 Å². The minimum Gasteiger partial charge on any atom is -0.404 e. The lowest BCUT2D eigenvalue weighted by Gasteiger charge is -2.30. The van der Waals surface area contributed by atoms with E-state index in [1.54, 1.807) is 0 Å². The van der Waals surface area contributed by atoms with E-state index in [0.29, 0.717) is 11.5 Å². The Balaban J connectivity index is 4.53. The summed E-state index contributed by atoms with van der Waals surface area (Å²) in [5.41, 5.74) is 0.644. The van der Waals surface area contributed by atoms with Crippen LogP contribution in [0.4, 0.5) is 0 Å². The summed E-state index contributed by atoms with van der Waals surface area (Å²) in [6, 6.07) is 0. The molecular weight excluding hydrogens is 212 g/mol. The van der Waals surface area contributed by atoms with Crippen molar-refractivity contribution in [3.63, 3.8) is 0 Å². The Kier molecular flexibility index (Phi) is 7.02. The zero-order valence-corrected chi connectivity index (χ0v) is 13.1. The van der Waals surface area contributed by atoms with Crippen LogP contribution in [0.1, 0.15) is 47.5 Å². The summed E-state index contributed by atoms with van der Waals surface area (Å²) in [7, 11) is -1.56. The molecule has 0 aliphatic carbocycles. The molecule has 0 aliphatic rings. The highest BCUT2D eigenvalue weighted by Crippen LogP contribution is 2.24. The molecule has 1 nitrogen and oxygen atoms in total. The predicted molar refractivity (Wildman–Crippen MR) is 75.0 cm³/mol. The van der Waals surface area contributed by atoms with E-state index in [1.165, 1.54) is 0 Å². The van der Waals surface area contributed by atoms with Gasteiger partial charge < -0.3 is 4.43 Å². The Morgan fingerprint density at radius 1 is 1.12 bits per heavy atom. The molecule has 0 bridgehead atoms. The second-order valence-electron chi connectivity index (χ2n) is 5.67. The van der Waals surface area contributed by atoms with Gasteiger partial charge in [0.2, 0.25) is 0 Å². The van der Waals surface area contributed by atoms with Gasteiger partial charge in [0.25, 0.3) is 0 Å². The van der Waals surface area contributed by atoms with Gasteiger partial charge in [0, 0.05) is 6.42 Å². The molecule has 0 aromatic heterocycles. The molecule has 0 N–H and O–H groups in total.